The van der Waals surface area contributed by atoms with E-state index in [-0.39, 0.29) is 25.0 Å². The minimum absolute atomic E-state index is 0.00207. The van der Waals surface area contributed by atoms with Crippen molar-refractivity contribution in [2.75, 3.05) is 19.9 Å². The van der Waals surface area contributed by atoms with Gasteiger partial charge in [0.1, 0.15) is 5.75 Å². The zero-order valence-corrected chi connectivity index (χ0v) is 17.9. The summed E-state index contributed by atoms with van der Waals surface area (Å²) in [7, 11) is 0. The average molecular weight is 448 g/mol. The first-order chi connectivity index (χ1) is 15.5. The minimum atomic E-state index is -2.96. The van der Waals surface area contributed by atoms with Crippen LogP contribution in [0.2, 0.25) is 0 Å². The third-order valence-electron chi connectivity index (χ3n) is 4.51. The first kappa shape index (κ1) is 23.1. The lowest BCUT2D eigenvalue weighted by molar-refractivity contribution is -0.0505. The normalized spacial score (nSPS) is 12.6. The molecule has 0 atom stereocenters. The van der Waals surface area contributed by atoms with Gasteiger partial charge in [-0.3, -0.25) is 4.79 Å². The molecule has 0 saturated heterocycles. The molecule has 0 radical (unpaired) electrons. The number of rotatable bonds is 9. The molecule has 0 bridgehead atoms. The predicted octanol–water partition coefficient (Wildman–Crippen LogP) is 3.02. The molecular weight excluding hydrogens is 422 g/mol. The predicted molar refractivity (Wildman–Crippen MR) is 115 cm³/mol. The maximum Gasteiger partial charge on any atom is 0.387 e. The molecule has 172 valence electrons. The van der Waals surface area contributed by atoms with Crippen LogP contribution in [0.3, 0.4) is 0 Å². The molecule has 0 fully saturated rings. The fourth-order valence-corrected chi connectivity index (χ4v) is 3.07. The van der Waals surface area contributed by atoms with Crippen LogP contribution in [0.4, 0.5) is 8.78 Å². The van der Waals surface area contributed by atoms with Gasteiger partial charge >= 0.3 is 6.61 Å². The molecule has 0 spiro atoms. The number of carbonyl (C=O) groups is 1. The van der Waals surface area contributed by atoms with Crippen molar-refractivity contribution >= 4 is 11.9 Å². The van der Waals surface area contributed by atoms with E-state index in [1.807, 2.05) is 19.9 Å². The number of guanidine groups is 1. The van der Waals surface area contributed by atoms with E-state index in [1.54, 1.807) is 24.3 Å². The number of hydrogen-bond acceptors (Lipinski definition) is 5. The molecule has 2 aromatic rings. The van der Waals surface area contributed by atoms with Gasteiger partial charge in [-0.1, -0.05) is 12.1 Å². The van der Waals surface area contributed by atoms with Crippen LogP contribution >= 0.6 is 0 Å². The van der Waals surface area contributed by atoms with Crippen LogP contribution in [0.15, 0.2) is 41.4 Å². The Balaban J connectivity index is 1.71. The van der Waals surface area contributed by atoms with Gasteiger partial charge in [-0.15, -0.1) is 0 Å². The molecule has 0 aromatic heterocycles. The highest BCUT2D eigenvalue weighted by molar-refractivity contribution is 5.94. The molecule has 2 aromatic carbocycles. The molecule has 1 heterocycles. The number of halogens is 2. The van der Waals surface area contributed by atoms with E-state index in [0.29, 0.717) is 48.2 Å². The molecular formula is C22H26F2N4O4. The largest absolute Gasteiger partial charge is 0.454 e. The van der Waals surface area contributed by atoms with Crippen molar-refractivity contribution in [3.05, 3.63) is 53.1 Å². The zero-order valence-electron chi connectivity index (χ0n) is 17.9. The Hall–Kier alpha value is -3.56. The van der Waals surface area contributed by atoms with Gasteiger partial charge in [0.15, 0.2) is 17.5 Å². The van der Waals surface area contributed by atoms with Crippen LogP contribution in [-0.4, -0.2) is 38.4 Å². The first-order valence-electron chi connectivity index (χ1n) is 10.3. The summed E-state index contributed by atoms with van der Waals surface area (Å²) in [6, 6.07) is 10.2. The van der Waals surface area contributed by atoms with Gasteiger partial charge < -0.3 is 30.2 Å². The van der Waals surface area contributed by atoms with Gasteiger partial charge in [-0.05, 0) is 37.6 Å². The van der Waals surface area contributed by atoms with Gasteiger partial charge in [-0.2, -0.15) is 8.78 Å². The monoisotopic (exact) mass is 448 g/mol. The SMILES string of the molecule is CCNC(=O)c1cccc(CN=C(NCC)NCc2cc3c(cc2OC(F)F)OCO3)c1. The maximum atomic E-state index is 12.8. The number of nitrogens with zero attached hydrogens (tertiary/aromatic N) is 1. The van der Waals surface area contributed by atoms with E-state index in [0.717, 1.165) is 5.56 Å². The van der Waals surface area contributed by atoms with Crippen LogP contribution < -0.4 is 30.2 Å². The first-order valence-corrected chi connectivity index (χ1v) is 10.3. The lowest BCUT2D eigenvalue weighted by atomic mass is 10.1. The molecule has 1 aliphatic rings. The second kappa shape index (κ2) is 11.2. The Bertz CT molecular complexity index is 969. The molecule has 1 amide bonds. The van der Waals surface area contributed by atoms with Crippen molar-refractivity contribution in [1.82, 2.24) is 16.0 Å². The molecule has 3 rings (SSSR count). The molecule has 0 saturated carbocycles. The van der Waals surface area contributed by atoms with Gasteiger partial charge in [-0.25, -0.2) is 4.99 Å². The van der Waals surface area contributed by atoms with Crippen LogP contribution in [0.5, 0.6) is 17.2 Å². The quantitative estimate of drug-likeness (QED) is 0.403. The summed E-state index contributed by atoms with van der Waals surface area (Å²) in [5, 5.41) is 8.98. The van der Waals surface area contributed by atoms with Gasteiger partial charge in [0.05, 0.1) is 6.54 Å². The van der Waals surface area contributed by atoms with Gasteiger partial charge in [0, 0.05) is 36.8 Å². The number of nitrogens with one attached hydrogen (secondary N) is 3. The summed E-state index contributed by atoms with van der Waals surface area (Å²) < 4.78 is 40.9. The third kappa shape index (κ3) is 6.22. The van der Waals surface area contributed by atoms with E-state index in [9.17, 15) is 13.6 Å². The van der Waals surface area contributed by atoms with Crippen LogP contribution in [0, 0.1) is 0 Å². The lowest BCUT2D eigenvalue weighted by Crippen LogP contribution is -2.36. The van der Waals surface area contributed by atoms with Crippen molar-refractivity contribution in [1.29, 1.82) is 0 Å². The topological polar surface area (TPSA) is 93.2 Å². The second-order valence-corrected chi connectivity index (χ2v) is 6.80. The van der Waals surface area contributed by atoms with E-state index in [4.69, 9.17) is 9.47 Å². The van der Waals surface area contributed by atoms with Crippen molar-refractivity contribution in [3.8, 4) is 17.2 Å². The van der Waals surface area contributed by atoms with E-state index in [2.05, 4.69) is 25.7 Å². The smallest absolute Gasteiger partial charge is 0.387 e. The summed E-state index contributed by atoms with van der Waals surface area (Å²) in [4.78, 5) is 16.6. The maximum absolute atomic E-state index is 12.8. The fourth-order valence-electron chi connectivity index (χ4n) is 3.07. The molecule has 32 heavy (non-hydrogen) atoms. The fraction of sp³-hybridized carbons (Fsp3) is 0.364. The van der Waals surface area contributed by atoms with Crippen LogP contribution in [-0.2, 0) is 13.1 Å². The number of amides is 1. The van der Waals surface area contributed by atoms with Crippen LogP contribution in [0.1, 0.15) is 35.3 Å². The minimum Gasteiger partial charge on any atom is -0.454 e. The highest BCUT2D eigenvalue weighted by Crippen LogP contribution is 2.38. The molecule has 3 N–H and O–H groups in total. The van der Waals surface area contributed by atoms with E-state index < -0.39 is 6.61 Å². The van der Waals surface area contributed by atoms with Crippen molar-refractivity contribution < 1.29 is 27.8 Å². The number of fused-ring (bicyclic) bond motifs is 1. The summed E-state index contributed by atoms with van der Waals surface area (Å²) in [5.74, 6) is 1.17. The number of carbonyl (C=O) groups excluding carboxylic acids is 1. The highest BCUT2D eigenvalue weighted by atomic mass is 19.3. The Morgan fingerprint density at radius 2 is 1.84 bits per heavy atom. The molecule has 8 nitrogen and oxygen atoms in total. The number of ether oxygens (including phenoxy) is 3. The standard InChI is InChI=1S/C22H26F2N4O4/c1-3-25-20(29)15-7-5-6-14(8-15)11-27-22(26-4-2)28-12-16-9-18-19(31-13-30-18)10-17(16)32-21(23)24/h5-10,21H,3-4,11-13H2,1-2H3,(H,25,29)(H2,26,27,28). The second-order valence-electron chi connectivity index (χ2n) is 6.80. The Morgan fingerprint density at radius 1 is 1.09 bits per heavy atom. The molecule has 10 heteroatoms. The molecule has 0 aliphatic carbocycles. The van der Waals surface area contributed by atoms with Crippen LogP contribution in [0.25, 0.3) is 0 Å². The number of alkyl halides is 2. The van der Waals surface area contributed by atoms with E-state index in [1.165, 1.54) is 6.07 Å². The van der Waals surface area contributed by atoms with Gasteiger partial charge in [0.2, 0.25) is 6.79 Å². The third-order valence-corrected chi connectivity index (χ3v) is 4.51. The molecule has 1 aliphatic heterocycles. The number of hydrogen-bond donors (Lipinski definition) is 3. The van der Waals surface area contributed by atoms with Crippen molar-refractivity contribution in [2.45, 2.75) is 33.5 Å². The van der Waals surface area contributed by atoms with Gasteiger partial charge in [0.25, 0.3) is 5.91 Å². The Kier molecular flexibility index (Phi) is 8.07. The Labute approximate surface area is 185 Å². The number of benzene rings is 2. The summed E-state index contributed by atoms with van der Waals surface area (Å²) >= 11 is 0. The Morgan fingerprint density at radius 3 is 2.56 bits per heavy atom. The zero-order chi connectivity index (χ0) is 22.9. The highest BCUT2D eigenvalue weighted by Gasteiger charge is 2.20. The summed E-state index contributed by atoms with van der Waals surface area (Å²) in [6.45, 7) is 2.48. The average Bonchev–Trinajstić information content (AvgIpc) is 3.22. The summed E-state index contributed by atoms with van der Waals surface area (Å²) in [5.41, 5.74) is 1.89. The summed E-state index contributed by atoms with van der Waals surface area (Å²) in [6.07, 6.45) is 0. The lowest BCUT2D eigenvalue weighted by Gasteiger charge is -2.15. The van der Waals surface area contributed by atoms with Crippen molar-refractivity contribution in [2.24, 2.45) is 4.99 Å². The molecule has 0 unspecified atom stereocenters. The van der Waals surface area contributed by atoms with Crippen molar-refractivity contribution in [3.63, 3.8) is 0 Å². The number of aliphatic imine (C=N–C) groups is 1. The van der Waals surface area contributed by atoms with E-state index >= 15 is 0 Å².